The molecule has 3 N–H and O–H groups in total. The lowest BCUT2D eigenvalue weighted by Crippen LogP contribution is -2.54. The van der Waals surface area contributed by atoms with Crippen LogP contribution in [0.1, 0.15) is 39.2 Å². The lowest BCUT2D eigenvalue weighted by atomic mass is 9.60. The Morgan fingerprint density at radius 3 is 2.62 bits per heavy atom. The van der Waals surface area contributed by atoms with Gasteiger partial charge in [0.15, 0.2) is 5.78 Å². The van der Waals surface area contributed by atoms with E-state index < -0.39 is 28.5 Å². The summed E-state index contributed by atoms with van der Waals surface area (Å²) in [7, 11) is 0. The largest absolute Gasteiger partial charge is 0.462 e. The molecule has 0 bridgehead atoms. The number of benzene rings is 2. The van der Waals surface area contributed by atoms with Crippen molar-refractivity contribution in [2.45, 2.75) is 39.0 Å². The van der Waals surface area contributed by atoms with Crippen molar-refractivity contribution in [3.63, 3.8) is 0 Å². The van der Waals surface area contributed by atoms with Crippen LogP contribution in [0.2, 0.25) is 5.02 Å². The fourth-order valence-electron chi connectivity index (χ4n) is 5.63. The van der Waals surface area contributed by atoms with Crippen molar-refractivity contribution < 1.29 is 23.5 Å². The van der Waals surface area contributed by atoms with Gasteiger partial charge in [0.2, 0.25) is 5.91 Å². The highest BCUT2D eigenvalue weighted by molar-refractivity contribution is 9.10. The maximum atomic E-state index is 14.1. The summed E-state index contributed by atoms with van der Waals surface area (Å²) in [6, 6.07) is 9.19. The zero-order valence-corrected chi connectivity index (χ0v) is 22.7. The molecular formula is C27H24BrClFN3O4. The molecule has 2 aliphatic heterocycles. The van der Waals surface area contributed by atoms with Crippen LogP contribution in [0.4, 0.5) is 15.8 Å². The summed E-state index contributed by atoms with van der Waals surface area (Å²) in [5.41, 5.74) is 6.14. The number of halogens is 3. The monoisotopic (exact) mass is 587 g/mol. The molecule has 3 aliphatic rings. The van der Waals surface area contributed by atoms with E-state index in [1.165, 1.54) is 23.1 Å². The van der Waals surface area contributed by atoms with Crippen LogP contribution in [0.3, 0.4) is 0 Å². The van der Waals surface area contributed by atoms with E-state index in [1.54, 1.807) is 25.1 Å². The fourth-order valence-corrected chi connectivity index (χ4v) is 6.17. The number of carbonyl (C=O) groups excluding carboxylic acids is 3. The minimum atomic E-state index is -1.82. The molecular weight excluding hydrogens is 565 g/mol. The molecule has 1 spiro atoms. The second kappa shape index (κ2) is 8.70. The Morgan fingerprint density at radius 2 is 1.95 bits per heavy atom. The number of allylic oxidation sites excluding steroid dienone is 1. The van der Waals surface area contributed by atoms with Crippen LogP contribution < -0.4 is 16.0 Å². The molecule has 10 heteroatoms. The third-order valence-electron chi connectivity index (χ3n) is 6.98. The second-order valence-corrected chi connectivity index (χ2v) is 11.4. The maximum absolute atomic E-state index is 14.1. The topological polar surface area (TPSA) is 102 Å². The van der Waals surface area contributed by atoms with Gasteiger partial charge in [0.25, 0.3) is 0 Å². The number of fused-ring (bicyclic) bond motifs is 3. The van der Waals surface area contributed by atoms with Gasteiger partial charge < -0.3 is 15.8 Å². The van der Waals surface area contributed by atoms with E-state index in [0.29, 0.717) is 33.5 Å². The van der Waals surface area contributed by atoms with Crippen molar-refractivity contribution in [3.05, 3.63) is 79.9 Å². The van der Waals surface area contributed by atoms with Crippen LogP contribution in [-0.2, 0) is 24.5 Å². The molecule has 2 heterocycles. The van der Waals surface area contributed by atoms with E-state index in [0.717, 1.165) is 0 Å². The molecule has 1 amide bonds. The highest BCUT2D eigenvalue weighted by atomic mass is 79.9. The van der Waals surface area contributed by atoms with Crippen molar-refractivity contribution in [2.75, 3.05) is 16.8 Å². The van der Waals surface area contributed by atoms with Crippen LogP contribution >= 0.6 is 27.5 Å². The molecule has 7 nitrogen and oxygen atoms in total. The lowest BCUT2D eigenvalue weighted by Gasteiger charge is -2.47. The first-order valence-electron chi connectivity index (χ1n) is 11.7. The first kappa shape index (κ1) is 25.5. The molecule has 192 valence electrons. The van der Waals surface area contributed by atoms with E-state index in [1.807, 2.05) is 13.8 Å². The fraction of sp³-hybridized carbons (Fsp3) is 0.296. The summed E-state index contributed by atoms with van der Waals surface area (Å²) in [4.78, 5) is 43.1. The standard InChI is InChI=1S/C27H24BrClFN3O4/c1-4-37-24(35)22-23(31)33(14-6-7-17(30)16(29)10-14)19-11-26(2,3)12-20(34)21(19)27(22)15-9-13(28)5-8-18(15)32-25(27)36/h5-10H,4,11-12,31H2,1-3H3,(H,32,36). The molecule has 1 aliphatic carbocycles. The van der Waals surface area contributed by atoms with Gasteiger partial charge in [-0.1, -0.05) is 41.4 Å². The van der Waals surface area contributed by atoms with Gasteiger partial charge in [-0.05, 0) is 55.2 Å². The number of carbonyl (C=O) groups is 3. The van der Waals surface area contributed by atoms with Crippen LogP contribution in [0, 0.1) is 11.2 Å². The number of nitrogens with zero attached hydrogens (tertiary/aromatic N) is 1. The Hall–Kier alpha value is -3.17. The molecule has 5 rings (SSSR count). The number of rotatable bonds is 3. The van der Waals surface area contributed by atoms with Gasteiger partial charge in [-0.3, -0.25) is 14.5 Å². The Labute approximate surface area is 226 Å². The summed E-state index contributed by atoms with van der Waals surface area (Å²) >= 11 is 9.57. The summed E-state index contributed by atoms with van der Waals surface area (Å²) in [5.74, 6) is -2.40. The van der Waals surface area contributed by atoms with E-state index >= 15 is 0 Å². The van der Waals surface area contributed by atoms with Gasteiger partial charge >= 0.3 is 5.97 Å². The van der Waals surface area contributed by atoms with Crippen LogP contribution in [0.25, 0.3) is 0 Å². The number of nitrogens with two attached hydrogens (primary N) is 1. The predicted molar refractivity (Wildman–Crippen MR) is 141 cm³/mol. The molecule has 2 aromatic rings. The number of ether oxygens (including phenoxy) is 1. The second-order valence-electron chi connectivity index (χ2n) is 10.1. The van der Waals surface area contributed by atoms with E-state index in [2.05, 4.69) is 21.2 Å². The SMILES string of the molecule is CCOC(=O)C1=C(N)N(c2ccc(F)c(Cl)c2)C2=C(C(=O)CC(C)(C)C2)C12C(=O)Nc1ccc(Br)cc12. The zero-order valence-electron chi connectivity index (χ0n) is 20.4. The number of nitrogens with one attached hydrogen (secondary N) is 1. The number of hydrogen-bond donors (Lipinski definition) is 2. The maximum Gasteiger partial charge on any atom is 0.339 e. The van der Waals surface area contributed by atoms with Gasteiger partial charge in [0, 0.05) is 39.1 Å². The third kappa shape index (κ3) is 3.70. The minimum Gasteiger partial charge on any atom is -0.462 e. The van der Waals surface area contributed by atoms with Crippen LogP contribution in [-0.4, -0.2) is 24.3 Å². The molecule has 0 saturated heterocycles. The van der Waals surface area contributed by atoms with E-state index in [4.69, 9.17) is 22.1 Å². The summed E-state index contributed by atoms with van der Waals surface area (Å²) in [6.07, 6.45) is 0.510. The molecule has 1 atom stereocenters. The summed E-state index contributed by atoms with van der Waals surface area (Å²) < 4.78 is 20.1. The van der Waals surface area contributed by atoms with Gasteiger partial charge in [-0.2, -0.15) is 0 Å². The average Bonchev–Trinajstić information content (AvgIpc) is 3.06. The number of hydrogen-bond acceptors (Lipinski definition) is 6. The summed E-state index contributed by atoms with van der Waals surface area (Å²) in [6.45, 7) is 5.54. The number of Topliss-reactive ketones (excluding diaryl/α,β-unsaturated/α-hetero) is 1. The number of ketones is 1. The van der Waals surface area contributed by atoms with Gasteiger partial charge in [0.1, 0.15) is 22.6 Å². The number of esters is 1. The third-order valence-corrected chi connectivity index (χ3v) is 7.77. The Bertz CT molecular complexity index is 1470. The molecule has 2 aromatic carbocycles. The molecule has 0 fully saturated rings. The summed E-state index contributed by atoms with van der Waals surface area (Å²) in [5, 5.41) is 2.69. The first-order chi connectivity index (χ1) is 17.4. The van der Waals surface area contributed by atoms with Crippen molar-refractivity contribution in [3.8, 4) is 0 Å². The first-order valence-corrected chi connectivity index (χ1v) is 12.9. The van der Waals surface area contributed by atoms with Crippen molar-refractivity contribution in [2.24, 2.45) is 11.1 Å². The Morgan fingerprint density at radius 1 is 1.22 bits per heavy atom. The lowest BCUT2D eigenvalue weighted by molar-refractivity contribution is -0.140. The van der Waals surface area contributed by atoms with E-state index in [-0.39, 0.29) is 40.8 Å². The number of amides is 1. The Balaban J connectivity index is 1.93. The smallest absolute Gasteiger partial charge is 0.339 e. The Kier molecular flexibility index (Phi) is 5.99. The normalized spacial score (nSPS) is 22.3. The van der Waals surface area contributed by atoms with Crippen LogP contribution in [0.15, 0.2) is 63.5 Å². The van der Waals surface area contributed by atoms with Gasteiger partial charge in [-0.15, -0.1) is 0 Å². The van der Waals surface area contributed by atoms with E-state index in [9.17, 15) is 18.8 Å². The number of anilines is 2. The predicted octanol–water partition coefficient (Wildman–Crippen LogP) is 5.33. The quantitative estimate of drug-likeness (QED) is 0.470. The molecule has 0 radical (unpaired) electrons. The molecule has 0 aromatic heterocycles. The van der Waals surface area contributed by atoms with Crippen molar-refractivity contribution >= 4 is 56.6 Å². The van der Waals surface area contributed by atoms with Gasteiger partial charge in [0.05, 0.1) is 11.6 Å². The van der Waals surface area contributed by atoms with Crippen LogP contribution in [0.5, 0.6) is 0 Å². The average molecular weight is 589 g/mol. The molecule has 37 heavy (non-hydrogen) atoms. The molecule has 0 saturated carbocycles. The van der Waals surface area contributed by atoms with Crippen molar-refractivity contribution in [1.29, 1.82) is 0 Å². The molecule has 1 unspecified atom stereocenters. The highest BCUT2D eigenvalue weighted by Crippen LogP contribution is 2.57. The van der Waals surface area contributed by atoms with Gasteiger partial charge in [-0.25, -0.2) is 9.18 Å². The van der Waals surface area contributed by atoms with Crippen molar-refractivity contribution in [1.82, 2.24) is 0 Å². The highest BCUT2D eigenvalue weighted by Gasteiger charge is 2.63. The minimum absolute atomic E-state index is 0.0217. The zero-order chi connectivity index (χ0) is 26.9.